The fraction of sp³-hybridized carbons (Fsp3) is 0.583. The van der Waals surface area contributed by atoms with E-state index >= 15 is 0 Å². The Balaban J connectivity index is 2.53. The van der Waals surface area contributed by atoms with Crippen molar-refractivity contribution < 1.29 is 4.74 Å². The fourth-order valence-corrected chi connectivity index (χ4v) is 1.42. The Kier molecular flexibility index (Phi) is 4.09. The Morgan fingerprint density at radius 3 is 2.80 bits per heavy atom. The Morgan fingerprint density at radius 1 is 1.47 bits per heavy atom. The smallest absolute Gasteiger partial charge is 0.140 e. The minimum absolute atomic E-state index is 0.136. The molecule has 84 valence electrons. The van der Waals surface area contributed by atoms with Crippen LogP contribution in [0.5, 0.6) is 5.75 Å². The first-order valence-corrected chi connectivity index (χ1v) is 5.24. The number of ether oxygens (including phenoxy) is 1. The van der Waals surface area contributed by atoms with Crippen LogP contribution in [0.1, 0.15) is 19.5 Å². The first-order valence-electron chi connectivity index (χ1n) is 5.24. The zero-order chi connectivity index (χ0) is 11.3. The van der Waals surface area contributed by atoms with Crippen LogP contribution in [0, 0.1) is 12.3 Å². The van der Waals surface area contributed by atoms with Gasteiger partial charge in [-0.25, -0.2) is 0 Å². The molecule has 1 heterocycles. The van der Waals surface area contributed by atoms with Gasteiger partial charge in [0.05, 0.1) is 12.3 Å². The van der Waals surface area contributed by atoms with E-state index in [0.717, 1.165) is 18.0 Å². The lowest BCUT2D eigenvalue weighted by atomic mass is 9.95. The van der Waals surface area contributed by atoms with E-state index < -0.39 is 0 Å². The van der Waals surface area contributed by atoms with Gasteiger partial charge in [0.25, 0.3) is 0 Å². The van der Waals surface area contributed by atoms with Crippen molar-refractivity contribution in [3.05, 3.63) is 24.0 Å². The maximum absolute atomic E-state index is 5.75. The van der Waals surface area contributed by atoms with Gasteiger partial charge >= 0.3 is 0 Å². The molecule has 0 aliphatic heterocycles. The van der Waals surface area contributed by atoms with Crippen molar-refractivity contribution in [1.29, 1.82) is 0 Å². The standard InChI is InChI=1S/C12H20N2O/c1-10-11(6-5-7-14-10)15-9-12(2,3)8-13-4/h5-7,13H,8-9H2,1-4H3. The summed E-state index contributed by atoms with van der Waals surface area (Å²) in [5.74, 6) is 0.877. The monoisotopic (exact) mass is 208 g/mol. The molecule has 1 aromatic rings. The third kappa shape index (κ3) is 3.88. The van der Waals surface area contributed by atoms with E-state index in [0.29, 0.717) is 6.61 Å². The second-order valence-electron chi connectivity index (χ2n) is 4.57. The van der Waals surface area contributed by atoms with Crippen LogP contribution < -0.4 is 10.1 Å². The molecule has 3 heteroatoms. The summed E-state index contributed by atoms with van der Waals surface area (Å²) in [7, 11) is 1.96. The van der Waals surface area contributed by atoms with E-state index in [1.54, 1.807) is 6.20 Å². The summed E-state index contributed by atoms with van der Waals surface area (Å²) >= 11 is 0. The zero-order valence-electron chi connectivity index (χ0n) is 10.0. The first-order chi connectivity index (χ1) is 7.05. The number of nitrogens with zero attached hydrogens (tertiary/aromatic N) is 1. The van der Waals surface area contributed by atoms with Gasteiger partial charge in [0.2, 0.25) is 0 Å². The average molecular weight is 208 g/mol. The van der Waals surface area contributed by atoms with Gasteiger partial charge in [0, 0.05) is 18.2 Å². The van der Waals surface area contributed by atoms with Crippen LogP contribution in [0.4, 0.5) is 0 Å². The van der Waals surface area contributed by atoms with Gasteiger partial charge in [-0.15, -0.1) is 0 Å². The van der Waals surface area contributed by atoms with Crippen molar-refractivity contribution >= 4 is 0 Å². The molecule has 0 saturated carbocycles. The van der Waals surface area contributed by atoms with Gasteiger partial charge in [-0.2, -0.15) is 0 Å². The lowest BCUT2D eigenvalue weighted by molar-refractivity contribution is 0.177. The van der Waals surface area contributed by atoms with Crippen LogP contribution in [0.3, 0.4) is 0 Å². The zero-order valence-corrected chi connectivity index (χ0v) is 10.0. The number of hydrogen-bond donors (Lipinski definition) is 1. The summed E-state index contributed by atoms with van der Waals surface area (Å²) in [6.07, 6.45) is 1.78. The molecule has 1 N–H and O–H groups in total. The number of hydrogen-bond acceptors (Lipinski definition) is 3. The molecule has 0 spiro atoms. The van der Waals surface area contributed by atoms with Crippen molar-refractivity contribution in [2.24, 2.45) is 5.41 Å². The van der Waals surface area contributed by atoms with E-state index in [-0.39, 0.29) is 5.41 Å². The van der Waals surface area contributed by atoms with E-state index in [9.17, 15) is 0 Å². The summed E-state index contributed by atoms with van der Waals surface area (Å²) in [5, 5.41) is 3.16. The van der Waals surface area contributed by atoms with Gasteiger partial charge in [-0.05, 0) is 26.1 Å². The second kappa shape index (κ2) is 5.12. The number of aryl methyl sites for hydroxylation is 1. The Morgan fingerprint density at radius 2 is 2.20 bits per heavy atom. The molecule has 0 fully saturated rings. The van der Waals surface area contributed by atoms with Crippen molar-refractivity contribution in [1.82, 2.24) is 10.3 Å². The van der Waals surface area contributed by atoms with Gasteiger partial charge in [0.15, 0.2) is 0 Å². The molecule has 1 rings (SSSR count). The Bertz CT molecular complexity index is 310. The molecule has 0 amide bonds. The van der Waals surface area contributed by atoms with Crippen molar-refractivity contribution in [3.8, 4) is 5.75 Å². The first kappa shape index (κ1) is 12.0. The molecule has 0 unspecified atom stereocenters. The fourth-order valence-electron chi connectivity index (χ4n) is 1.42. The number of aromatic nitrogens is 1. The van der Waals surface area contributed by atoms with Gasteiger partial charge in [-0.1, -0.05) is 13.8 Å². The van der Waals surface area contributed by atoms with Gasteiger partial charge in [-0.3, -0.25) is 4.98 Å². The second-order valence-corrected chi connectivity index (χ2v) is 4.57. The predicted molar refractivity (Wildman–Crippen MR) is 62.2 cm³/mol. The van der Waals surface area contributed by atoms with Crippen LogP contribution in [0.25, 0.3) is 0 Å². The molecule has 0 aliphatic carbocycles. The lowest BCUT2D eigenvalue weighted by Crippen LogP contribution is -2.32. The summed E-state index contributed by atoms with van der Waals surface area (Å²) < 4.78 is 5.75. The van der Waals surface area contributed by atoms with Crippen molar-refractivity contribution in [3.63, 3.8) is 0 Å². The highest BCUT2D eigenvalue weighted by molar-refractivity contribution is 5.25. The van der Waals surface area contributed by atoms with E-state index in [1.165, 1.54) is 0 Å². The molecular formula is C12H20N2O. The maximum Gasteiger partial charge on any atom is 0.140 e. The van der Waals surface area contributed by atoms with E-state index in [1.807, 2.05) is 26.1 Å². The Labute approximate surface area is 91.9 Å². The molecule has 0 atom stereocenters. The number of rotatable bonds is 5. The van der Waals surface area contributed by atoms with Crippen LogP contribution in [0.15, 0.2) is 18.3 Å². The van der Waals surface area contributed by atoms with Gasteiger partial charge < -0.3 is 10.1 Å². The number of nitrogens with one attached hydrogen (secondary N) is 1. The Hall–Kier alpha value is -1.09. The highest BCUT2D eigenvalue weighted by Gasteiger charge is 2.18. The summed E-state index contributed by atoms with van der Waals surface area (Å²) in [5.41, 5.74) is 1.08. The molecule has 0 aliphatic rings. The predicted octanol–water partition coefficient (Wildman–Crippen LogP) is 2.01. The molecule has 15 heavy (non-hydrogen) atoms. The number of pyridine rings is 1. The van der Waals surface area contributed by atoms with Crippen molar-refractivity contribution in [2.75, 3.05) is 20.2 Å². The summed E-state index contributed by atoms with van der Waals surface area (Å²) in [4.78, 5) is 4.19. The van der Waals surface area contributed by atoms with Crippen LogP contribution in [-0.2, 0) is 0 Å². The molecule has 1 aromatic heterocycles. The van der Waals surface area contributed by atoms with Crippen LogP contribution in [-0.4, -0.2) is 25.2 Å². The molecule has 0 radical (unpaired) electrons. The van der Waals surface area contributed by atoms with E-state index in [2.05, 4.69) is 24.1 Å². The highest BCUT2D eigenvalue weighted by Crippen LogP contribution is 2.19. The van der Waals surface area contributed by atoms with Gasteiger partial charge in [0.1, 0.15) is 5.75 Å². The third-order valence-corrected chi connectivity index (χ3v) is 2.23. The highest BCUT2D eigenvalue weighted by atomic mass is 16.5. The summed E-state index contributed by atoms with van der Waals surface area (Å²) in [6, 6.07) is 3.85. The quantitative estimate of drug-likeness (QED) is 0.803. The molecule has 0 aromatic carbocycles. The normalized spacial score (nSPS) is 11.5. The van der Waals surface area contributed by atoms with Crippen molar-refractivity contribution in [2.45, 2.75) is 20.8 Å². The van der Waals surface area contributed by atoms with E-state index in [4.69, 9.17) is 4.74 Å². The maximum atomic E-state index is 5.75. The van der Waals surface area contributed by atoms with Crippen LogP contribution >= 0.6 is 0 Å². The SMILES string of the molecule is CNCC(C)(C)COc1cccnc1C. The molecule has 0 saturated heterocycles. The minimum atomic E-state index is 0.136. The molecule has 0 bridgehead atoms. The molecular weight excluding hydrogens is 188 g/mol. The molecule has 3 nitrogen and oxygen atoms in total. The largest absolute Gasteiger partial charge is 0.491 e. The minimum Gasteiger partial charge on any atom is -0.491 e. The lowest BCUT2D eigenvalue weighted by Gasteiger charge is -2.24. The average Bonchev–Trinajstić information content (AvgIpc) is 2.16. The topological polar surface area (TPSA) is 34.1 Å². The summed E-state index contributed by atoms with van der Waals surface area (Å²) in [6.45, 7) is 7.94. The third-order valence-electron chi connectivity index (χ3n) is 2.23. The van der Waals surface area contributed by atoms with Crippen LogP contribution in [0.2, 0.25) is 0 Å².